The highest BCUT2D eigenvalue weighted by Gasteiger charge is 2.20. The lowest BCUT2D eigenvalue weighted by atomic mass is 9.94. The second kappa shape index (κ2) is 41.1. The molecule has 0 aliphatic rings. The normalized spacial score (nSPS) is 12.7. The molecule has 0 aliphatic heterocycles. The SMILES string of the molecule is CCCCCCCCC(CCCCCC)C(=O)OCCCCCCN(CCC)CCCCCCOC(=O)C(CCCCCC)CCCCCCCC. The van der Waals surface area contributed by atoms with Crippen LogP contribution < -0.4 is 0 Å². The van der Waals surface area contributed by atoms with Crippen LogP contribution in [0.3, 0.4) is 0 Å². The van der Waals surface area contributed by atoms with E-state index in [0.717, 1.165) is 64.2 Å². The van der Waals surface area contributed by atoms with Crippen molar-refractivity contribution in [2.24, 2.45) is 11.8 Å². The molecule has 0 aromatic carbocycles. The molecule has 0 bridgehead atoms. The van der Waals surface area contributed by atoms with Crippen molar-refractivity contribution in [3.8, 4) is 0 Å². The van der Waals surface area contributed by atoms with Crippen molar-refractivity contribution in [2.45, 2.75) is 247 Å². The molecule has 0 N–H and O–H groups in total. The zero-order valence-electron chi connectivity index (χ0n) is 36.1. The number of hydrogen-bond donors (Lipinski definition) is 0. The predicted octanol–water partition coefficient (Wildman–Crippen LogP) is 14.6. The van der Waals surface area contributed by atoms with Gasteiger partial charge in [0.2, 0.25) is 0 Å². The smallest absolute Gasteiger partial charge is 0.308 e. The topological polar surface area (TPSA) is 55.8 Å². The van der Waals surface area contributed by atoms with Gasteiger partial charge in [0.15, 0.2) is 0 Å². The average molecular weight is 736 g/mol. The number of hydrogen-bond acceptors (Lipinski definition) is 5. The van der Waals surface area contributed by atoms with Crippen LogP contribution in [0.4, 0.5) is 0 Å². The van der Waals surface area contributed by atoms with E-state index in [-0.39, 0.29) is 23.8 Å². The molecule has 5 heteroatoms. The van der Waals surface area contributed by atoms with Gasteiger partial charge in [-0.1, -0.05) is 189 Å². The first-order valence-electron chi connectivity index (χ1n) is 23.6. The Morgan fingerprint density at radius 3 is 0.981 bits per heavy atom. The first-order valence-corrected chi connectivity index (χ1v) is 23.6. The molecule has 0 amide bonds. The van der Waals surface area contributed by atoms with Crippen molar-refractivity contribution in [3.05, 3.63) is 0 Å². The minimum Gasteiger partial charge on any atom is -0.465 e. The van der Waals surface area contributed by atoms with Crippen LogP contribution in [0.1, 0.15) is 247 Å². The molecule has 0 aromatic rings. The Bertz CT molecular complexity index is 685. The molecule has 0 spiro atoms. The molecule has 0 saturated heterocycles. The molecule has 0 fully saturated rings. The summed E-state index contributed by atoms with van der Waals surface area (Å²) in [6.45, 7) is 16.0. The number of ether oxygens (including phenoxy) is 2. The summed E-state index contributed by atoms with van der Waals surface area (Å²) in [5.41, 5.74) is 0. The minimum absolute atomic E-state index is 0.0721. The second-order valence-corrected chi connectivity index (χ2v) is 16.2. The fourth-order valence-corrected chi connectivity index (χ4v) is 7.55. The Kier molecular flexibility index (Phi) is 40.2. The largest absolute Gasteiger partial charge is 0.465 e. The minimum atomic E-state index is 0.0721. The second-order valence-electron chi connectivity index (χ2n) is 16.2. The average Bonchev–Trinajstić information content (AvgIpc) is 3.14. The Balaban J connectivity index is 4.20. The summed E-state index contributed by atoms with van der Waals surface area (Å²) in [5.74, 6) is 0.362. The third-order valence-corrected chi connectivity index (χ3v) is 11.1. The van der Waals surface area contributed by atoms with Crippen molar-refractivity contribution in [1.82, 2.24) is 4.90 Å². The van der Waals surface area contributed by atoms with Crippen LogP contribution in [0.5, 0.6) is 0 Å². The molecule has 310 valence electrons. The summed E-state index contributed by atoms with van der Waals surface area (Å²) < 4.78 is 11.6. The summed E-state index contributed by atoms with van der Waals surface area (Å²) in [5, 5.41) is 0. The van der Waals surface area contributed by atoms with E-state index >= 15 is 0 Å². The Morgan fingerprint density at radius 2 is 0.635 bits per heavy atom. The molecule has 0 aromatic heterocycles. The molecule has 0 aliphatic carbocycles. The van der Waals surface area contributed by atoms with Crippen LogP contribution >= 0.6 is 0 Å². The van der Waals surface area contributed by atoms with E-state index in [4.69, 9.17) is 9.47 Å². The number of rotatable bonds is 42. The van der Waals surface area contributed by atoms with Gasteiger partial charge in [0, 0.05) is 0 Å². The quantitative estimate of drug-likeness (QED) is 0.0461. The zero-order chi connectivity index (χ0) is 38.2. The van der Waals surface area contributed by atoms with E-state index in [1.807, 2.05) is 0 Å². The summed E-state index contributed by atoms with van der Waals surface area (Å²) in [6.07, 6.45) is 39.5. The maximum atomic E-state index is 12.9. The van der Waals surface area contributed by atoms with Gasteiger partial charge in [-0.15, -0.1) is 0 Å². The van der Waals surface area contributed by atoms with Gasteiger partial charge >= 0.3 is 11.9 Å². The fraction of sp³-hybridized carbons (Fsp3) is 0.957. The monoisotopic (exact) mass is 736 g/mol. The van der Waals surface area contributed by atoms with Gasteiger partial charge in [0.25, 0.3) is 0 Å². The highest BCUT2D eigenvalue weighted by molar-refractivity contribution is 5.72. The van der Waals surface area contributed by atoms with Crippen molar-refractivity contribution < 1.29 is 19.1 Å². The molecule has 2 unspecified atom stereocenters. The lowest BCUT2D eigenvalue weighted by Gasteiger charge is -2.21. The van der Waals surface area contributed by atoms with Crippen LogP contribution in [0.25, 0.3) is 0 Å². The number of carbonyl (C=O) groups is 2. The molecule has 0 rings (SSSR count). The third kappa shape index (κ3) is 33.5. The zero-order valence-corrected chi connectivity index (χ0v) is 36.1. The molecule has 0 saturated carbocycles. The highest BCUT2D eigenvalue weighted by Crippen LogP contribution is 2.22. The van der Waals surface area contributed by atoms with Crippen molar-refractivity contribution >= 4 is 11.9 Å². The maximum Gasteiger partial charge on any atom is 0.308 e. The van der Waals surface area contributed by atoms with Crippen LogP contribution in [0.2, 0.25) is 0 Å². The van der Waals surface area contributed by atoms with Gasteiger partial charge in [0.05, 0.1) is 25.0 Å². The van der Waals surface area contributed by atoms with E-state index < -0.39 is 0 Å². The molecular formula is C47H93NO4. The van der Waals surface area contributed by atoms with E-state index in [1.165, 1.54) is 167 Å². The molecular weight excluding hydrogens is 643 g/mol. The summed E-state index contributed by atoms with van der Waals surface area (Å²) in [6, 6.07) is 0. The van der Waals surface area contributed by atoms with Gasteiger partial charge in [0.1, 0.15) is 0 Å². The van der Waals surface area contributed by atoms with Gasteiger partial charge < -0.3 is 14.4 Å². The Hall–Kier alpha value is -1.10. The fourth-order valence-electron chi connectivity index (χ4n) is 7.55. The van der Waals surface area contributed by atoms with E-state index in [1.54, 1.807) is 0 Å². The first kappa shape index (κ1) is 50.9. The van der Waals surface area contributed by atoms with Crippen molar-refractivity contribution in [1.29, 1.82) is 0 Å². The van der Waals surface area contributed by atoms with Crippen LogP contribution in [-0.2, 0) is 19.1 Å². The number of carbonyl (C=O) groups excluding carboxylic acids is 2. The van der Waals surface area contributed by atoms with Crippen LogP contribution in [0, 0.1) is 11.8 Å². The van der Waals surface area contributed by atoms with Crippen LogP contribution in [0.15, 0.2) is 0 Å². The van der Waals surface area contributed by atoms with Crippen molar-refractivity contribution in [3.63, 3.8) is 0 Å². The summed E-state index contributed by atoms with van der Waals surface area (Å²) in [7, 11) is 0. The molecule has 0 heterocycles. The summed E-state index contributed by atoms with van der Waals surface area (Å²) >= 11 is 0. The standard InChI is InChI=1S/C47H93NO4/c1-6-11-15-19-21-29-37-44(35-27-17-13-8-3)46(49)51-42-33-25-23-31-40-48(39-10-5)41-32-24-26-34-43-52-47(50)45(36-28-18-14-9-4)38-30-22-20-16-12-7-2/h44-45H,6-43H2,1-5H3. The van der Waals surface area contributed by atoms with E-state index in [0.29, 0.717) is 13.2 Å². The van der Waals surface area contributed by atoms with Crippen LogP contribution in [-0.4, -0.2) is 49.7 Å². The van der Waals surface area contributed by atoms with E-state index in [2.05, 4.69) is 39.5 Å². The first-order chi connectivity index (χ1) is 25.5. The highest BCUT2D eigenvalue weighted by atomic mass is 16.5. The maximum absolute atomic E-state index is 12.9. The number of unbranched alkanes of at least 4 members (excludes halogenated alkanes) is 22. The van der Waals surface area contributed by atoms with Gasteiger partial charge in [-0.05, 0) is 77.4 Å². The summed E-state index contributed by atoms with van der Waals surface area (Å²) in [4.78, 5) is 28.5. The predicted molar refractivity (Wildman–Crippen MR) is 226 cm³/mol. The van der Waals surface area contributed by atoms with Crippen molar-refractivity contribution in [2.75, 3.05) is 32.8 Å². The Morgan fingerprint density at radius 1 is 0.346 bits per heavy atom. The lowest BCUT2D eigenvalue weighted by molar-refractivity contribution is -0.150. The lowest BCUT2D eigenvalue weighted by Crippen LogP contribution is -2.27. The number of nitrogens with zero attached hydrogens (tertiary/aromatic N) is 1. The molecule has 52 heavy (non-hydrogen) atoms. The van der Waals surface area contributed by atoms with Gasteiger partial charge in [-0.25, -0.2) is 0 Å². The van der Waals surface area contributed by atoms with Gasteiger partial charge in [-0.2, -0.15) is 0 Å². The van der Waals surface area contributed by atoms with Gasteiger partial charge in [-0.3, -0.25) is 9.59 Å². The molecule has 5 nitrogen and oxygen atoms in total. The Labute approximate surface area is 326 Å². The van der Waals surface area contributed by atoms with E-state index in [9.17, 15) is 9.59 Å². The molecule has 0 radical (unpaired) electrons. The molecule has 2 atom stereocenters. The number of esters is 2. The third-order valence-electron chi connectivity index (χ3n) is 11.1.